The van der Waals surface area contributed by atoms with Gasteiger partial charge in [-0.3, -0.25) is 14.3 Å². The lowest BCUT2D eigenvalue weighted by Crippen LogP contribution is -2.34. The Morgan fingerprint density at radius 2 is 1.92 bits per heavy atom. The molecular formula is C18H23N3O3. The predicted molar refractivity (Wildman–Crippen MR) is 90.9 cm³/mol. The molecule has 0 bridgehead atoms. The van der Waals surface area contributed by atoms with Crippen molar-refractivity contribution in [3.63, 3.8) is 0 Å². The Bertz CT molecular complexity index is 708. The Hall–Kier alpha value is -2.63. The number of aromatic nitrogens is 2. The zero-order chi connectivity index (χ0) is 17.7. The van der Waals surface area contributed by atoms with Crippen LogP contribution in [-0.4, -0.2) is 33.3 Å². The highest BCUT2D eigenvalue weighted by Crippen LogP contribution is 2.14. The quantitative estimate of drug-likeness (QED) is 0.816. The van der Waals surface area contributed by atoms with Crippen molar-refractivity contribution in [2.75, 3.05) is 6.54 Å². The second-order valence-corrected chi connectivity index (χ2v) is 6.17. The third kappa shape index (κ3) is 4.44. The lowest BCUT2D eigenvalue weighted by Gasteiger charge is -2.13. The molecule has 2 N–H and O–H groups in total. The van der Waals surface area contributed by atoms with Gasteiger partial charge in [0, 0.05) is 13.6 Å². The highest BCUT2D eigenvalue weighted by Gasteiger charge is 2.21. The first-order valence-electron chi connectivity index (χ1n) is 7.97. The van der Waals surface area contributed by atoms with Crippen LogP contribution in [0, 0.1) is 5.92 Å². The molecule has 128 valence electrons. The molecule has 0 spiro atoms. The van der Waals surface area contributed by atoms with Gasteiger partial charge in [-0.2, -0.15) is 5.10 Å². The van der Waals surface area contributed by atoms with Gasteiger partial charge in [-0.15, -0.1) is 0 Å². The van der Waals surface area contributed by atoms with Gasteiger partial charge >= 0.3 is 5.97 Å². The molecule has 0 aliphatic carbocycles. The fraction of sp³-hybridized carbons (Fsp3) is 0.389. The van der Waals surface area contributed by atoms with Gasteiger partial charge in [-0.1, -0.05) is 44.2 Å². The molecule has 0 aliphatic heterocycles. The molecule has 0 saturated heterocycles. The van der Waals surface area contributed by atoms with Crippen molar-refractivity contribution in [2.45, 2.75) is 26.2 Å². The molecule has 0 fully saturated rings. The van der Waals surface area contributed by atoms with Gasteiger partial charge in [-0.05, 0) is 24.0 Å². The molecule has 6 heteroatoms. The second kappa shape index (κ2) is 7.77. The third-order valence-electron chi connectivity index (χ3n) is 3.91. The number of aryl methyl sites for hydroxylation is 1. The van der Waals surface area contributed by atoms with Crippen LogP contribution < -0.4 is 5.32 Å². The topological polar surface area (TPSA) is 84.2 Å². The normalized spacial score (nSPS) is 12.2. The molecule has 24 heavy (non-hydrogen) atoms. The first kappa shape index (κ1) is 17.7. The van der Waals surface area contributed by atoms with E-state index >= 15 is 0 Å². The molecule has 0 saturated carbocycles. The molecule has 6 nitrogen and oxygen atoms in total. The number of carboxylic acid groups (broad SMARTS) is 1. The molecule has 0 aliphatic rings. The van der Waals surface area contributed by atoms with E-state index < -0.39 is 11.9 Å². The van der Waals surface area contributed by atoms with E-state index in [0.717, 1.165) is 11.3 Å². The summed E-state index contributed by atoms with van der Waals surface area (Å²) in [6, 6.07) is 11.1. The highest BCUT2D eigenvalue weighted by atomic mass is 16.4. The zero-order valence-electron chi connectivity index (χ0n) is 14.2. The molecule has 1 aromatic heterocycles. The van der Waals surface area contributed by atoms with Crippen LogP contribution in [0.4, 0.5) is 0 Å². The van der Waals surface area contributed by atoms with E-state index in [4.69, 9.17) is 0 Å². The van der Waals surface area contributed by atoms with Crippen LogP contribution in [0.15, 0.2) is 36.4 Å². The minimum absolute atomic E-state index is 0.0747. The molecule has 2 rings (SSSR count). The number of rotatable bonds is 7. The first-order chi connectivity index (χ1) is 11.4. The van der Waals surface area contributed by atoms with Crippen LogP contribution in [0.3, 0.4) is 0 Å². The average Bonchev–Trinajstić information content (AvgIpc) is 2.94. The van der Waals surface area contributed by atoms with Gasteiger partial charge in [0.25, 0.3) is 5.91 Å². The van der Waals surface area contributed by atoms with Gasteiger partial charge in [0.2, 0.25) is 0 Å². The minimum atomic E-state index is -0.924. The summed E-state index contributed by atoms with van der Waals surface area (Å²) in [4.78, 5) is 23.8. The van der Waals surface area contributed by atoms with Gasteiger partial charge in [-0.25, -0.2) is 0 Å². The van der Waals surface area contributed by atoms with Crippen LogP contribution in [-0.2, 0) is 18.3 Å². The number of nitrogens with one attached hydrogen (secondary N) is 1. The highest BCUT2D eigenvalue weighted by molar-refractivity contribution is 5.93. The minimum Gasteiger partial charge on any atom is -0.481 e. The summed E-state index contributed by atoms with van der Waals surface area (Å²) in [7, 11) is 1.71. The van der Waals surface area contributed by atoms with Crippen LogP contribution in [0.2, 0.25) is 0 Å². The number of carboxylic acids is 1. The summed E-state index contributed by atoms with van der Waals surface area (Å²) in [6.07, 6.45) is 0.374. The Kier molecular flexibility index (Phi) is 5.73. The average molecular weight is 329 g/mol. The zero-order valence-corrected chi connectivity index (χ0v) is 14.2. The summed E-state index contributed by atoms with van der Waals surface area (Å²) in [5.74, 6) is -1.68. The summed E-state index contributed by atoms with van der Waals surface area (Å²) in [5, 5.41) is 16.4. The molecule has 1 amide bonds. The largest absolute Gasteiger partial charge is 0.481 e. The first-order valence-corrected chi connectivity index (χ1v) is 7.97. The SMILES string of the molecule is CC(C)c1cc(C(=O)NCC(Cc2ccccc2)C(=O)O)n(C)n1. The predicted octanol–water partition coefficient (Wildman–Crippen LogP) is 2.22. The van der Waals surface area contributed by atoms with Crippen molar-refractivity contribution in [1.82, 2.24) is 15.1 Å². The van der Waals surface area contributed by atoms with Crippen molar-refractivity contribution < 1.29 is 14.7 Å². The van der Waals surface area contributed by atoms with Crippen LogP contribution in [0.5, 0.6) is 0 Å². The number of nitrogens with zero attached hydrogens (tertiary/aromatic N) is 2. The summed E-state index contributed by atoms with van der Waals surface area (Å²) in [6.45, 7) is 4.08. The molecule has 1 heterocycles. The fourth-order valence-corrected chi connectivity index (χ4v) is 2.44. The number of hydrogen-bond acceptors (Lipinski definition) is 3. The van der Waals surface area contributed by atoms with Crippen molar-refractivity contribution in [2.24, 2.45) is 13.0 Å². The smallest absolute Gasteiger partial charge is 0.308 e. The maximum atomic E-state index is 12.3. The molecular weight excluding hydrogens is 306 g/mol. The maximum absolute atomic E-state index is 12.3. The van der Waals surface area contributed by atoms with Gasteiger partial charge in [0.1, 0.15) is 5.69 Å². The van der Waals surface area contributed by atoms with E-state index in [0.29, 0.717) is 12.1 Å². The van der Waals surface area contributed by atoms with Gasteiger partial charge in [0.05, 0.1) is 11.6 Å². The second-order valence-electron chi connectivity index (χ2n) is 6.17. The number of carbonyl (C=O) groups is 2. The molecule has 1 unspecified atom stereocenters. The summed E-state index contributed by atoms with van der Waals surface area (Å²) < 4.78 is 1.53. The molecule has 1 atom stereocenters. The Morgan fingerprint density at radius 1 is 1.25 bits per heavy atom. The number of benzene rings is 1. The van der Waals surface area contributed by atoms with Crippen molar-refractivity contribution in [3.8, 4) is 0 Å². The van der Waals surface area contributed by atoms with Crippen molar-refractivity contribution in [3.05, 3.63) is 53.3 Å². The molecule has 2 aromatic rings. The summed E-state index contributed by atoms with van der Waals surface area (Å²) >= 11 is 0. The van der Waals surface area contributed by atoms with Crippen molar-refractivity contribution in [1.29, 1.82) is 0 Å². The van der Waals surface area contributed by atoms with Crippen LogP contribution >= 0.6 is 0 Å². The van der Waals surface area contributed by atoms with Gasteiger partial charge in [0.15, 0.2) is 0 Å². The summed E-state index contributed by atoms with van der Waals surface area (Å²) in [5.41, 5.74) is 2.20. The third-order valence-corrected chi connectivity index (χ3v) is 3.91. The van der Waals surface area contributed by atoms with Crippen LogP contribution in [0.25, 0.3) is 0 Å². The van der Waals surface area contributed by atoms with E-state index in [-0.39, 0.29) is 18.4 Å². The monoisotopic (exact) mass is 329 g/mol. The molecule has 0 radical (unpaired) electrons. The fourth-order valence-electron chi connectivity index (χ4n) is 2.44. The lowest BCUT2D eigenvalue weighted by molar-refractivity contribution is -0.141. The standard InChI is InChI=1S/C18H23N3O3/c1-12(2)15-10-16(21(3)20-15)17(22)19-11-14(18(23)24)9-13-7-5-4-6-8-13/h4-8,10,12,14H,9,11H2,1-3H3,(H,19,22)(H,23,24). The van der Waals surface area contributed by atoms with E-state index in [1.54, 1.807) is 13.1 Å². The van der Waals surface area contributed by atoms with Gasteiger partial charge < -0.3 is 10.4 Å². The lowest BCUT2D eigenvalue weighted by atomic mass is 9.99. The van der Waals surface area contributed by atoms with E-state index in [1.165, 1.54) is 4.68 Å². The Labute approximate surface area is 141 Å². The van der Waals surface area contributed by atoms with E-state index in [2.05, 4.69) is 10.4 Å². The number of aliphatic carboxylic acids is 1. The molecule has 1 aromatic carbocycles. The van der Waals surface area contributed by atoms with E-state index in [1.807, 2.05) is 44.2 Å². The Balaban J connectivity index is 2.01. The number of carbonyl (C=O) groups excluding carboxylic acids is 1. The van der Waals surface area contributed by atoms with Crippen molar-refractivity contribution >= 4 is 11.9 Å². The maximum Gasteiger partial charge on any atom is 0.308 e. The number of amides is 1. The number of hydrogen-bond donors (Lipinski definition) is 2. The van der Waals surface area contributed by atoms with Crippen LogP contribution in [0.1, 0.15) is 41.5 Å². The van der Waals surface area contributed by atoms with E-state index in [9.17, 15) is 14.7 Å². The Morgan fingerprint density at radius 3 is 2.46 bits per heavy atom.